The van der Waals surface area contributed by atoms with Crippen molar-refractivity contribution >= 4 is 23.7 Å². The zero-order chi connectivity index (χ0) is 13.8. The molecule has 1 aromatic rings. The highest BCUT2D eigenvalue weighted by atomic mass is 16.2. The van der Waals surface area contributed by atoms with E-state index >= 15 is 0 Å². The van der Waals surface area contributed by atoms with Gasteiger partial charge in [0.1, 0.15) is 11.9 Å². The van der Waals surface area contributed by atoms with Crippen LogP contribution >= 0.6 is 0 Å². The number of nitrogens with zero attached hydrogens (tertiary/aromatic N) is 2. The highest BCUT2D eigenvalue weighted by molar-refractivity contribution is 6.02. The number of amides is 4. The largest absolute Gasteiger partial charge is 0.326 e. The van der Waals surface area contributed by atoms with Crippen molar-refractivity contribution in [3.05, 3.63) is 24.4 Å². The molecule has 0 saturated carbocycles. The number of hydrogen-bond acceptors (Lipinski definition) is 4. The summed E-state index contributed by atoms with van der Waals surface area (Å²) in [6, 6.07) is 4.07. The predicted molar refractivity (Wildman–Crippen MR) is 67.3 cm³/mol. The maximum atomic E-state index is 11.9. The fourth-order valence-corrected chi connectivity index (χ4v) is 1.73. The van der Waals surface area contributed by atoms with Crippen LogP contribution in [0.25, 0.3) is 0 Å². The molecule has 7 heteroatoms. The Morgan fingerprint density at radius 1 is 1.47 bits per heavy atom. The molecule has 19 heavy (non-hydrogen) atoms. The third-order valence-corrected chi connectivity index (χ3v) is 2.83. The molecule has 7 nitrogen and oxygen atoms in total. The average Bonchev–Trinajstić information content (AvgIpc) is 2.42. The van der Waals surface area contributed by atoms with E-state index < -0.39 is 18.0 Å². The lowest BCUT2D eigenvalue weighted by molar-refractivity contribution is -0.134. The number of carbonyl (C=O) groups excluding carboxylic acids is 3. The second kappa shape index (κ2) is 5.47. The molecule has 4 amide bonds. The SMILES string of the molecule is CN(C(=O)NC1CCC(=O)NC1=O)c1ccccn1. The molecule has 1 aliphatic heterocycles. The summed E-state index contributed by atoms with van der Waals surface area (Å²) in [6.45, 7) is 0. The van der Waals surface area contributed by atoms with Crippen LogP contribution in [0.15, 0.2) is 24.4 Å². The van der Waals surface area contributed by atoms with E-state index in [1.54, 1.807) is 31.4 Å². The van der Waals surface area contributed by atoms with Gasteiger partial charge >= 0.3 is 6.03 Å². The molecule has 0 aromatic carbocycles. The Kier molecular flexibility index (Phi) is 3.74. The second-order valence-corrected chi connectivity index (χ2v) is 4.20. The number of hydrogen-bond donors (Lipinski definition) is 2. The topological polar surface area (TPSA) is 91.4 Å². The van der Waals surface area contributed by atoms with Gasteiger partial charge in [-0.2, -0.15) is 0 Å². The number of anilines is 1. The molecule has 1 saturated heterocycles. The molecule has 2 rings (SSSR count). The fourth-order valence-electron chi connectivity index (χ4n) is 1.73. The molecular formula is C12H14N4O3. The van der Waals surface area contributed by atoms with Gasteiger partial charge in [-0.1, -0.05) is 6.07 Å². The van der Waals surface area contributed by atoms with Crippen LogP contribution < -0.4 is 15.5 Å². The third kappa shape index (κ3) is 3.06. The van der Waals surface area contributed by atoms with E-state index in [0.29, 0.717) is 12.2 Å². The minimum atomic E-state index is -0.684. The second-order valence-electron chi connectivity index (χ2n) is 4.20. The van der Waals surface area contributed by atoms with Gasteiger partial charge in [0.2, 0.25) is 11.8 Å². The summed E-state index contributed by atoms with van der Waals surface area (Å²) in [4.78, 5) is 39.8. The van der Waals surface area contributed by atoms with Crippen LogP contribution in [0.1, 0.15) is 12.8 Å². The van der Waals surface area contributed by atoms with E-state index in [0.717, 1.165) is 0 Å². The van der Waals surface area contributed by atoms with E-state index in [4.69, 9.17) is 0 Å². The monoisotopic (exact) mass is 262 g/mol. The molecule has 0 spiro atoms. The average molecular weight is 262 g/mol. The summed E-state index contributed by atoms with van der Waals surface area (Å²) in [5.74, 6) is -0.306. The quantitative estimate of drug-likeness (QED) is 0.736. The molecular weight excluding hydrogens is 248 g/mol. The Morgan fingerprint density at radius 3 is 2.89 bits per heavy atom. The van der Waals surface area contributed by atoms with Crippen molar-refractivity contribution in [1.29, 1.82) is 0 Å². The molecule has 1 atom stereocenters. The number of imide groups is 1. The molecule has 1 aromatic heterocycles. The summed E-state index contributed by atoms with van der Waals surface area (Å²) in [5, 5.41) is 4.76. The zero-order valence-corrected chi connectivity index (χ0v) is 10.4. The summed E-state index contributed by atoms with van der Waals surface area (Å²) >= 11 is 0. The van der Waals surface area contributed by atoms with Crippen LogP contribution in [0.4, 0.5) is 10.6 Å². The van der Waals surface area contributed by atoms with Gasteiger partial charge in [0.15, 0.2) is 0 Å². The molecule has 0 aliphatic carbocycles. The lowest BCUT2D eigenvalue weighted by Crippen LogP contribution is -2.54. The summed E-state index contributed by atoms with van der Waals surface area (Å²) in [7, 11) is 1.56. The maximum Gasteiger partial charge on any atom is 0.323 e. The molecule has 2 N–H and O–H groups in total. The van der Waals surface area contributed by atoms with Crippen molar-refractivity contribution < 1.29 is 14.4 Å². The Hall–Kier alpha value is -2.44. The van der Waals surface area contributed by atoms with E-state index in [9.17, 15) is 14.4 Å². The van der Waals surface area contributed by atoms with E-state index in [1.807, 2.05) is 0 Å². The smallest absolute Gasteiger partial charge is 0.323 e. The highest BCUT2D eigenvalue weighted by Gasteiger charge is 2.28. The van der Waals surface area contributed by atoms with Crippen LogP contribution in [0.3, 0.4) is 0 Å². The third-order valence-electron chi connectivity index (χ3n) is 2.83. The Morgan fingerprint density at radius 2 is 2.26 bits per heavy atom. The van der Waals surface area contributed by atoms with Gasteiger partial charge in [-0.05, 0) is 18.6 Å². The van der Waals surface area contributed by atoms with Gasteiger partial charge in [-0.15, -0.1) is 0 Å². The summed E-state index contributed by atoms with van der Waals surface area (Å²) in [6.07, 6.45) is 2.11. The van der Waals surface area contributed by atoms with Gasteiger partial charge in [0.25, 0.3) is 0 Å². The van der Waals surface area contributed by atoms with Crippen molar-refractivity contribution in [3.63, 3.8) is 0 Å². The lowest BCUT2D eigenvalue weighted by atomic mass is 10.1. The fraction of sp³-hybridized carbons (Fsp3) is 0.333. The van der Waals surface area contributed by atoms with Crippen molar-refractivity contribution in [2.75, 3.05) is 11.9 Å². The van der Waals surface area contributed by atoms with Crippen LogP contribution in [0, 0.1) is 0 Å². The number of rotatable bonds is 2. The van der Waals surface area contributed by atoms with Gasteiger partial charge in [0.05, 0.1) is 0 Å². The predicted octanol–water partition coefficient (Wildman–Crippen LogP) is 0.0326. The van der Waals surface area contributed by atoms with Crippen LogP contribution in [0.2, 0.25) is 0 Å². The number of aromatic nitrogens is 1. The van der Waals surface area contributed by atoms with Crippen LogP contribution in [0.5, 0.6) is 0 Å². The van der Waals surface area contributed by atoms with Crippen molar-refractivity contribution in [2.24, 2.45) is 0 Å². The van der Waals surface area contributed by atoms with E-state index in [-0.39, 0.29) is 12.3 Å². The summed E-state index contributed by atoms with van der Waals surface area (Å²) in [5.41, 5.74) is 0. The standard InChI is InChI=1S/C12H14N4O3/c1-16(9-4-2-3-7-13-9)12(19)14-8-5-6-10(17)15-11(8)18/h2-4,7-8H,5-6H2,1H3,(H,14,19)(H,15,17,18). The highest BCUT2D eigenvalue weighted by Crippen LogP contribution is 2.09. The molecule has 1 aliphatic rings. The van der Waals surface area contributed by atoms with Crippen molar-refractivity contribution in [2.45, 2.75) is 18.9 Å². The first-order chi connectivity index (χ1) is 9.08. The molecule has 1 unspecified atom stereocenters. The van der Waals surface area contributed by atoms with Crippen LogP contribution in [-0.4, -0.2) is 35.9 Å². The minimum absolute atomic E-state index is 0.226. The van der Waals surface area contributed by atoms with Gasteiger partial charge in [0, 0.05) is 19.7 Å². The number of carbonyl (C=O) groups is 3. The molecule has 0 radical (unpaired) electrons. The molecule has 1 fully saturated rings. The maximum absolute atomic E-state index is 11.9. The summed E-state index contributed by atoms with van der Waals surface area (Å²) < 4.78 is 0. The van der Waals surface area contributed by atoms with Gasteiger partial charge in [-0.3, -0.25) is 19.8 Å². The Labute approximate surface area is 110 Å². The van der Waals surface area contributed by atoms with Crippen molar-refractivity contribution in [1.82, 2.24) is 15.6 Å². The number of piperidine rings is 1. The Bertz CT molecular complexity index is 503. The van der Waals surface area contributed by atoms with Gasteiger partial charge in [-0.25, -0.2) is 9.78 Å². The van der Waals surface area contributed by atoms with Crippen LogP contribution in [-0.2, 0) is 9.59 Å². The first-order valence-corrected chi connectivity index (χ1v) is 5.87. The first-order valence-electron chi connectivity index (χ1n) is 5.87. The minimum Gasteiger partial charge on any atom is -0.326 e. The molecule has 100 valence electrons. The van der Waals surface area contributed by atoms with E-state index in [2.05, 4.69) is 15.6 Å². The molecule has 0 bridgehead atoms. The number of pyridine rings is 1. The van der Waals surface area contributed by atoms with Crippen molar-refractivity contribution in [3.8, 4) is 0 Å². The van der Waals surface area contributed by atoms with E-state index in [1.165, 1.54) is 4.90 Å². The lowest BCUT2D eigenvalue weighted by Gasteiger charge is -2.24. The van der Waals surface area contributed by atoms with Gasteiger partial charge < -0.3 is 5.32 Å². The Balaban J connectivity index is 1.98. The first kappa shape index (κ1) is 13.0. The number of urea groups is 1. The zero-order valence-electron chi connectivity index (χ0n) is 10.4. The normalized spacial score (nSPS) is 18.7. The number of nitrogens with one attached hydrogen (secondary N) is 2. The molecule has 2 heterocycles.